The Morgan fingerprint density at radius 1 is 1.27 bits per heavy atom. The minimum atomic E-state index is 0. The van der Waals surface area contributed by atoms with E-state index in [-0.39, 0.29) is 12.4 Å². The SMILES string of the molecule is Cl.c1cncc(N2CC3CNCC3C2)c1. The van der Waals surface area contributed by atoms with Gasteiger partial charge >= 0.3 is 0 Å². The molecule has 3 rings (SSSR count). The highest BCUT2D eigenvalue weighted by Crippen LogP contribution is 2.29. The molecule has 0 aliphatic carbocycles. The number of aromatic nitrogens is 1. The molecule has 1 aromatic heterocycles. The van der Waals surface area contributed by atoms with Gasteiger partial charge in [0, 0.05) is 32.4 Å². The van der Waals surface area contributed by atoms with E-state index in [9.17, 15) is 0 Å². The van der Waals surface area contributed by atoms with Crippen molar-refractivity contribution in [1.82, 2.24) is 10.3 Å². The van der Waals surface area contributed by atoms with Crippen LogP contribution in [0.1, 0.15) is 0 Å². The van der Waals surface area contributed by atoms with E-state index >= 15 is 0 Å². The van der Waals surface area contributed by atoms with Crippen molar-refractivity contribution in [2.75, 3.05) is 31.1 Å². The van der Waals surface area contributed by atoms with Gasteiger partial charge in [-0.05, 0) is 24.0 Å². The lowest BCUT2D eigenvalue weighted by Gasteiger charge is -2.18. The largest absolute Gasteiger partial charge is 0.370 e. The minimum Gasteiger partial charge on any atom is -0.370 e. The average Bonchev–Trinajstić information content (AvgIpc) is 2.78. The second kappa shape index (κ2) is 4.37. The highest BCUT2D eigenvalue weighted by atomic mass is 35.5. The second-order valence-electron chi connectivity index (χ2n) is 4.29. The van der Waals surface area contributed by atoms with Crippen LogP contribution in [-0.4, -0.2) is 31.2 Å². The van der Waals surface area contributed by atoms with Crippen LogP contribution in [0.2, 0.25) is 0 Å². The summed E-state index contributed by atoms with van der Waals surface area (Å²) >= 11 is 0. The molecule has 1 aromatic rings. The summed E-state index contributed by atoms with van der Waals surface area (Å²) in [7, 11) is 0. The van der Waals surface area contributed by atoms with Crippen molar-refractivity contribution in [1.29, 1.82) is 0 Å². The molecule has 4 heteroatoms. The van der Waals surface area contributed by atoms with E-state index in [1.807, 2.05) is 18.5 Å². The van der Waals surface area contributed by atoms with Crippen LogP contribution in [0.15, 0.2) is 24.5 Å². The fourth-order valence-corrected chi connectivity index (χ4v) is 2.61. The van der Waals surface area contributed by atoms with Gasteiger partial charge in [0.25, 0.3) is 0 Å². The van der Waals surface area contributed by atoms with Gasteiger partial charge in [-0.3, -0.25) is 4.98 Å². The molecule has 0 saturated carbocycles. The maximum atomic E-state index is 4.17. The molecular formula is C11H16ClN3. The molecule has 3 heterocycles. The number of pyridine rings is 1. The third-order valence-corrected chi connectivity index (χ3v) is 3.40. The van der Waals surface area contributed by atoms with Crippen molar-refractivity contribution in [2.24, 2.45) is 11.8 Å². The number of nitrogens with one attached hydrogen (secondary N) is 1. The molecule has 0 spiro atoms. The number of anilines is 1. The van der Waals surface area contributed by atoms with Gasteiger partial charge in [0.2, 0.25) is 0 Å². The third kappa shape index (κ3) is 1.94. The number of fused-ring (bicyclic) bond motifs is 1. The van der Waals surface area contributed by atoms with Gasteiger partial charge in [-0.15, -0.1) is 12.4 Å². The summed E-state index contributed by atoms with van der Waals surface area (Å²) in [5, 5.41) is 3.45. The molecule has 0 bridgehead atoms. The molecule has 82 valence electrons. The Kier molecular flexibility index (Phi) is 3.12. The summed E-state index contributed by atoms with van der Waals surface area (Å²) in [6.45, 7) is 4.79. The Morgan fingerprint density at radius 3 is 2.60 bits per heavy atom. The summed E-state index contributed by atoms with van der Waals surface area (Å²) in [4.78, 5) is 6.63. The van der Waals surface area contributed by atoms with Crippen LogP contribution in [0.4, 0.5) is 5.69 Å². The Hall–Kier alpha value is -0.800. The maximum Gasteiger partial charge on any atom is 0.0552 e. The van der Waals surface area contributed by atoms with Crippen LogP contribution < -0.4 is 10.2 Å². The van der Waals surface area contributed by atoms with E-state index in [0.29, 0.717) is 0 Å². The van der Waals surface area contributed by atoms with Crippen molar-refractivity contribution in [3.8, 4) is 0 Å². The van der Waals surface area contributed by atoms with Crippen molar-refractivity contribution in [2.45, 2.75) is 0 Å². The normalized spacial score (nSPS) is 28.7. The van der Waals surface area contributed by atoms with Crippen molar-refractivity contribution >= 4 is 18.1 Å². The Balaban J connectivity index is 0.000000853. The molecule has 2 aliphatic heterocycles. The highest BCUT2D eigenvalue weighted by molar-refractivity contribution is 5.85. The molecule has 0 radical (unpaired) electrons. The smallest absolute Gasteiger partial charge is 0.0552 e. The molecule has 2 unspecified atom stereocenters. The average molecular weight is 226 g/mol. The lowest BCUT2D eigenvalue weighted by Crippen LogP contribution is -2.25. The molecule has 1 N–H and O–H groups in total. The van der Waals surface area contributed by atoms with E-state index < -0.39 is 0 Å². The van der Waals surface area contributed by atoms with Gasteiger partial charge in [0.05, 0.1) is 11.9 Å². The van der Waals surface area contributed by atoms with E-state index in [1.54, 1.807) is 0 Å². The molecule has 2 fully saturated rings. The Labute approximate surface area is 96.3 Å². The second-order valence-corrected chi connectivity index (χ2v) is 4.29. The summed E-state index contributed by atoms with van der Waals surface area (Å²) in [5.41, 5.74) is 1.28. The van der Waals surface area contributed by atoms with Gasteiger partial charge in [0.15, 0.2) is 0 Å². The molecular weight excluding hydrogens is 210 g/mol. The van der Waals surface area contributed by atoms with Gasteiger partial charge in [-0.25, -0.2) is 0 Å². The topological polar surface area (TPSA) is 28.2 Å². The summed E-state index contributed by atoms with van der Waals surface area (Å²) in [6, 6.07) is 4.17. The van der Waals surface area contributed by atoms with Crippen LogP contribution in [-0.2, 0) is 0 Å². The van der Waals surface area contributed by atoms with Crippen LogP contribution in [0, 0.1) is 11.8 Å². The molecule has 0 amide bonds. The maximum absolute atomic E-state index is 4.17. The monoisotopic (exact) mass is 225 g/mol. The Morgan fingerprint density at radius 2 is 2.00 bits per heavy atom. The van der Waals surface area contributed by atoms with Crippen LogP contribution in [0.3, 0.4) is 0 Å². The summed E-state index contributed by atoms with van der Waals surface area (Å²) in [5.74, 6) is 1.71. The van der Waals surface area contributed by atoms with E-state index in [1.165, 1.54) is 31.9 Å². The first-order valence-electron chi connectivity index (χ1n) is 5.29. The lowest BCUT2D eigenvalue weighted by molar-refractivity contribution is 0.533. The van der Waals surface area contributed by atoms with Gasteiger partial charge < -0.3 is 10.2 Å². The van der Waals surface area contributed by atoms with Gasteiger partial charge in [-0.1, -0.05) is 0 Å². The van der Waals surface area contributed by atoms with Crippen molar-refractivity contribution in [3.05, 3.63) is 24.5 Å². The Bertz CT molecular complexity index is 305. The first-order valence-corrected chi connectivity index (χ1v) is 5.29. The van der Waals surface area contributed by atoms with Crippen LogP contribution >= 0.6 is 12.4 Å². The van der Waals surface area contributed by atoms with E-state index in [0.717, 1.165) is 11.8 Å². The molecule has 3 nitrogen and oxygen atoms in total. The molecule has 0 aromatic carbocycles. The van der Waals surface area contributed by atoms with Crippen molar-refractivity contribution < 1.29 is 0 Å². The fourth-order valence-electron chi connectivity index (χ4n) is 2.61. The molecule has 2 saturated heterocycles. The predicted molar refractivity (Wildman–Crippen MR) is 63.5 cm³/mol. The zero-order chi connectivity index (χ0) is 9.38. The summed E-state index contributed by atoms with van der Waals surface area (Å²) < 4.78 is 0. The van der Waals surface area contributed by atoms with E-state index in [4.69, 9.17) is 0 Å². The molecule has 2 atom stereocenters. The number of hydrogen-bond donors (Lipinski definition) is 1. The molecule has 2 aliphatic rings. The quantitative estimate of drug-likeness (QED) is 0.778. The first kappa shape index (κ1) is 10.7. The zero-order valence-electron chi connectivity index (χ0n) is 8.60. The molecule has 15 heavy (non-hydrogen) atoms. The first-order chi connectivity index (χ1) is 6.93. The third-order valence-electron chi connectivity index (χ3n) is 3.40. The minimum absolute atomic E-state index is 0. The number of rotatable bonds is 1. The predicted octanol–water partition coefficient (Wildman–Crippen LogP) is 1.16. The number of halogens is 1. The number of hydrogen-bond acceptors (Lipinski definition) is 3. The zero-order valence-corrected chi connectivity index (χ0v) is 9.41. The van der Waals surface area contributed by atoms with E-state index in [2.05, 4.69) is 21.3 Å². The van der Waals surface area contributed by atoms with Crippen LogP contribution in [0.5, 0.6) is 0 Å². The standard InChI is InChI=1S/C11H15N3.ClH/c1-2-11(6-12-3-1)14-7-9-4-13-5-10(9)8-14;/h1-3,6,9-10,13H,4-5,7-8H2;1H. The summed E-state index contributed by atoms with van der Waals surface area (Å²) in [6.07, 6.45) is 3.80. The van der Waals surface area contributed by atoms with Crippen LogP contribution in [0.25, 0.3) is 0 Å². The highest BCUT2D eigenvalue weighted by Gasteiger charge is 2.35. The fraction of sp³-hybridized carbons (Fsp3) is 0.545. The number of nitrogens with zero attached hydrogens (tertiary/aromatic N) is 2. The van der Waals surface area contributed by atoms with Gasteiger partial charge in [0.1, 0.15) is 0 Å². The van der Waals surface area contributed by atoms with Crippen molar-refractivity contribution in [3.63, 3.8) is 0 Å². The van der Waals surface area contributed by atoms with Gasteiger partial charge in [-0.2, -0.15) is 0 Å². The lowest BCUT2D eigenvalue weighted by atomic mass is 10.0.